The highest BCUT2D eigenvalue weighted by Gasteiger charge is 2.38. The maximum atomic E-state index is 13.6. The van der Waals surface area contributed by atoms with Crippen molar-refractivity contribution in [2.24, 2.45) is 5.92 Å². The van der Waals surface area contributed by atoms with Crippen LogP contribution >= 0.6 is 0 Å². The lowest BCUT2D eigenvalue weighted by Crippen LogP contribution is -2.50. The van der Waals surface area contributed by atoms with Gasteiger partial charge in [0, 0.05) is 38.1 Å². The van der Waals surface area contributed by atoms with Crippen LogP contribution in [0.5, 0.6) is 0 Å². The van der Waals surface area contributed by atoms with Gasteiger partial charge in [0.25, 0.3) is 0 Å². The number of amides is 1. The number of likely N-dealkylation sites (tertiary alicyclic amines) is 2. The van der Waals surface area contributed by atoms with Gasteiger partial charge in [-0.2, -0.15) is 4.31 Å². The lowest BCUT2D eigenvalue weighted by molar-refractivity contribution is -0.138. The third-order valence-corrected chi connectivity index (χ3v) is 10.5. The van der Waals surface area contributed by atoms with E-state index in [1.165, 1.54) is 36.7 Å². The first-order chi connectivity index (χ1) is 18.3. The van der Waals surface area contributed by atoms with Gasteiger partial charge >= 0.3 is 0 Å². The molecule has 0 radical (unpaired) electrons. The largest absolute Gasteiger partial charge is 0.355 e. The van der Waals surface area contributed by atoms with Gasteiger partial charge in [-0.3, -0.25) is 4.79 Å². The zero-order valence-electron chi connectivity index (χ0n) is 22.6. The van der Waals surface area contributed by atoms with E-state index < -0.39 is 10.0 Å². The third-order valence-electron chi connectivity index (χ3n) is 8.42. The smallest absolute Gasteiger partial charge is 0.248 e. The monoisotopic (exact) mass is 540 g/mol. The van der Waals surface area contributed by atoms with Gasteiger partial charge in [0.15, 0.2) is 10.7 Å². The van der Waals surface area contributed by atoms with Crippen molar-refractivity contribution >= 4 is 28.1 Å². The molecule has 2 aromatic rings. The fraction of sp³-hybridized carbons (Fsp3) is 0.586. The van der Waals surface area contributed by atoms with Crippen molar-refractivity contribution in [3.05, 3.63) is 46.8 Å². The van der Waals surface area contributed by atoms with E-state index >= 15 is 0 Å². The minimum absolute atomic E-state index is 0.113. The van der Waals surface area contributed by atoms with Crippen LogP contribution < -0.4 is 0 Å². The van der Waals surface area contributed by atoms with E-state index in [4.69, 9.17) is 4.52 Å². The number of hydrogen-bond donors (Lipinski definition) is 0. The first kappa shape index (κ1) is 27.1. The number of sulfonamides is 1. The minimum Gasteiger partial charge on any atom is -0.355 e. The molecule has 3 aliphatic rings. The van der Waals surface area contributed by atoms with Crippen LogP contribution in [0.2, 0.25) is 0 Å². The van der Waals surface area contributed by atoms with Crippen LogP contribution in [0.25, 0.3) is 12.2 Å². The number of nitrogens with zero attached hydrogens (tertiary/aromatic N) is 4. The number of aryl methyl sites for hydroxylation is 2. The van der Waals surface area contributed by atoms with Crippen LogP contribution in [0, 0.1) is 19.8 Å². The fourth-order valence-corrected chi connectivity index (χ4v) is 7.83. The maximum Gasteiger partial charge on any atom is 0.248 e. The molecule has 1 aromatic carbocycles. The highest BCUT2D eigenvalue weighted by molar-refractivity contribution is 7.89. The summed E-state index contributed by atoms with van der Waals surface area (Å²) in [6.07, 6.45) is 10.6. The van der Waals surface area contributed by atoms with Crippen molar-refractivity contribution < 1.29 is 17.7 Å². The number of carbonyl (C=O) groups excluding carboxylic acids is 1. The Morgan fingerprint density at radius 2 is 1.55 bits per heavy atom. The summed E-state index contributed by atoms with van der Waals surface area (Å²) in [5.74, 6) is 0.317. The van der Waals surface area contributed by atoms with Gasteiger partial charge in [0.1, 0.15) is 5.69 Å². The Labute approximate surface area is 226 Å². The highest BCUT2D eigenvalue weighted by Crippen LogP contribution is 2.31. The number of aromatic nitrogens is 1. The number of benzene rings is 1. The lowest BCUT2D eigenvalue weighted by Gasteiger charge is -2.41. The Balaban J connectivity index is 1.18. The van der Waals surface area contributed by atoms with Crippen LogP contribution in [0.3, 0.4) is 0 Å². The minimum atomic E-state index is -3.79. The third kappa shape index (κ3) is 5.90. The molecule has 3 fully saturated rings. The summed E-state index contributed by atoms with van der Waals surface area (Å²) in [5.41, 5.74) is 2.46. The van der Waals surface area contributed by atoms with Gasteiger partial charge in [-0.15, -0.1) is 0 Å². The summed E-state index contributed by atoms with van der Waals surface area (Å²) in [6.45, 7) is 8.35. The molecule has 3 aliphatic heterocycles. The van der Waals surface area contributed by atoms with Crippen LogP contribution in [-0.2, 0) is 14.8 Å². The fourth-order valence-electron chi connectivity index (χ4n) is 6.11. The molecule has 0 spiro atoms. The molecular formula is C29H40N4O4S. The van der Waals surface area contributed by atoms with Gasteiger partial charge in [-0.25, -0.2) is 8.42 Å². The second-order valence-corrected chi connectivity index (χ2v) is 12.9. The molecule has 0 aliphatic carbocycles. The summed E-state index contributed by atoms with van der Waals surface area (Å²) in [6, 6.07) is 8.56. The Bertz CT molecular complexity index is 1230. The highest BCUT2D eigenvalue weighted by atomic mass is 32.2. The maximum absolute atomic E-state index is 13.6. The molecule has 1 aromatic heterocycles. The van der Waals surface area contributed by atoms with E-state index in [2.05, 4.69) is 10.1 Å². The van der Waals surface area contributed by atoms with E-state index in [-0.39, 0.29) is 22.5 Å². The van der Waals surface area contributed by atoms with E-state index in [9.17, 15) is 13.2 Å². The number of hydrogen-bond acceptors (Lipinski definition) is 6. The van der Waals surface area contributed by atoms with Crippen LogP contribution in [0.4, 0.5) is 0 Å². The first-order valence-electron chi connectivity index (χ1n) is 14.1. The van der Waals surface area contributed by atoms with Crippen LogP contribution in [0.15, 0.2) is 33.7 Å². The van der Waals surface area contributed by atoms with Crippen molar-refractivity contribution in [1.29, 1.82) is 0 Å². The molecule has 0 unspecified atom stereocenters. The molecular weight excluding hydrogens is 500 g/mol. The van der Waals surface area contributed by atoms with Gasteiger partial charge < -0.3 is 14.3 Å². The molecule has 8 nitrogen and oxygen atoms in total. The van der Waals surface area contributed by atoms with Crippen molar-refractivity contribution in [1.82, 2.24) is 19.3 Å². The average molecular weight is 541 g/mol. The molecule has 3 saturated heterocycles. The molecule has 0 atom stereocenters. The molecule has 0 bridgehead atoms. The quantitative estimate of drug-likeness (QED) is 0.542. The Hall–Kier alpha value is -2.49. The van der Waals surface area contributed by atoms with Gasteiger partial charge in [0.2, 0.25) is 15.9 Å². The van der Waals surface area contributed by atoms with Crippen LogP contribution in [0.1, 0.15) is 67.5 Å². The van der Waals surface area contributed by atoms with E-state index in [1.54, 1.807) is 13.0 Å². The standard InChI is InChI=1S/C29H40N4O4S/c1-22-6-8-24(9-7-22)10-11-27-28(23(2)30-37-27)38(35,36)33-20-12-25(13-21-33)29(34)32-18-14-26(15-19-32)31-16-4-3-5-17-31/h6-11,25-26H,3-5,12-21H2,1-2H3/b11-10+. The zero-order valence-corrected chi connectivity index (χ0v) is 23.5. The molecule has 206 valence electrons. The second kappa shape index (κ2) is 11.7. The predicted molar refractivity (Wildman–Crippen MR) is 148 cm³/mol. The topological polar surface area (TPSA) is 87.0 Å². The van der Waals surface area contributed by atoms with Crippen LogP contribution in [-0.4, -0.2) is 78.9 Å². The normalized spacial score (nSPS) is 21.4. The molecule has 5 rings (SSSR count). The molecule has 0 N–H and O–H groups in total. The molecule has 38 heavy (non-hydrogen) atoms. The summed E-state index contributed by atoms with van der Waals surface area (Å²) < 4.78 is 34.1. The summed E-state index contributed by atoms with van der Waals surface area (Å²) in [4.78, 5) is 18.0. The Morgan fingerprint density at radius 3 is 2.21 bits per heavy atom. The van der Waals surface area contributed by atoms with Gasteiger partial charge in [-0.1, -0.05) is 47.5 Å². The van der Waals surface area contributed by atoms with Gasteiger partial charge in [0.05, 0.1) is 0 Å². The van der Waals surface area contributed by atoms with Crippen molar-refractivity contribution in [2.75, 3.05) is 39.3 Å². The molecule has 1 amide bonds. The zero-order chi connectivity index (χ0) is 26.7. The SMILES string of the molecule is Cc1ccc(/C=C/c2onc(C)c2S(=O)(=O)N2CCC(C(=O)N3CCC(N4CCCCC4)CC3)CC2)cc1. The van der Waals surface area contributed by atoms with Crippen molar-refractivity contribution in [2.45, 2.75) is 69.7 Å². The van der Waals surface area contributed by atoms with Crippen molar-refractivity contribution in [3.63, 3.8) is 0 Å². The first-order valence-corrected chi connectivity index (χ1v) is 15.5. The van der Waals surface area contributed by atoms with E-state index in [0.29, 0.717) is 37.7 Å². The summed E-state index contributed by atoms with van der Waals surface area (Å²) in [7, 11) is -3.79. The van der Waals surface area contributed by atoms with Gasteiger partial charge in [-0.05, 0) is 77.1 Å². The Kier molecular flexibility index (Phi) is 8.35. The number of carbonyl (C=O) groups is 1. The van der Waals surface area contributed by atoms with E-state index in [1.807, 2.05) is 42.2 Å². The summed E-state index contributed by atoms with van der Waals surface area (Å²) >= 11 is 0. The Morgan fingerprint density at radius 1 is 0.895 bits per heavy atom. The lowest BCUT2D eigenvalue weighted by atomic mass is 9.94. The number of rotatable bonds is 6. The molecule has 4 heterocycles. The van der Waals surface area contributed by atoms with E-state index in [0.717, 1.165) is 37.1 Å². The molecule has 9 heteroatoms. The number of piperidine rings is 3. The predicted octanol–water partition coefficient (Wildman–Crippen LogP) is 4.34. The molecule has 0 saturated carbocycles. The average Bonchev–Trinajstić information content (AvgIpc) is 3.34. The second-order valence-electron chi connectivity index (χ2n) is 11.0. The van der Waals surface area contributed by atoms with Crippen molar-refractivity contribution in [3.8, 4) is 0 Å². The summed E-state index contributed by atoms with van der Waals surface area (Å²) in [5, 5.41) is 3.95.